The molecule has 1 rings (SSSR count). The van der Waals surface area contributed by atoms with Crippen LogP contribution < -0.4 is 5.73 Å². The Morgan fingerprint density at radius 1 is 1.36 bits per heavy atom. The van der Waals surface area contributed by atoms with E-state index in [-0.39, 0.29) is 12.1 Å². The van der Waals surface area contributed by atoms with Crippen LogP contribution in [0.25, 0.3) is 0 Å². The lowest BCUT2D eigenvalue weighted by Crippen LogP contribution is -2.27. The predicted octanol–water partition coefficient (Wildman–Crippen LogP) is -0.116. The Hall–Kier alpha value is -1.17. The first-order valence-electron chi connectivity index (χ1n) is 4.11. The average Bonchev–Trinajstić information content (AvgIpc) is 2.20. The predicted molar refractivity (Wildman–Crippen MR) is 48.1 cm³/mol. The van der Waals surface area contributed by atoms with E-state index in [9.17, 15) is 14.6 Å². The Balaban J connectivity index is 2.91. The van der Waals surface area contributed by atoms with E-state index in [1.165, 1.54) is 6.07 Å². The number of aliphatic hydroxyl groups excluding tert-OH is 2. The second-order valence-electron chi connectivity index (χ2n) is 2.96. The van der Waals surface area contributed by atoms with Gasteiger partial charge in [-0.25, -0.2) is 4.39 Å². The van der Waals surface area contributed by atoms with E-state index in [1.807, 2.05) is 0 Å². The van der Waals surface area contributed by atoms with Crippen molar-refractivity contribution >= 4 is 0 Å². The van der Waals surface area contributed by atoms with E-state index in [0.717, 1.165) is 12.1 Å². The molecule has 14 heavy (non-hydrogen) atoms. The van der Waals surface area contributed by atoms with Crippen molar-refractivity contribution in [3.05, 3.63) is 29.6 Å². The molecule has 0 heterocycles. The largest absolute Gasteiger partial charge is 0.505 e. The molecule has 2 unspecified atom stereocenters. The Labute approximate surface area is 80.4 Å². The molecule has 1 aromatic rings. The Bertz CT molecular complexity index is 319. The zero-order valence-corrected chi connectivity index (χ0v) is 7.39. The second kappa shape index (κ2) is 4.36. The van der Waals surface area contributed by atoms with Crippen LogP contribution >= 0.6 is 0 Å². The van der Waals surface area contributed by atoms with Crippen molar-refractivity contribution in [2.75, 3.05) is 6.54 Å². The number of hydrogen-bond donors (Lipinski definition) is 4. The first kappa shape index (κ1) is 10.9. The van der Waals surface area contributed by atoms with Crippen LogP contribution in [0.3, 0.4) is 0 Å². The van der Waals surface area contributed by atoms with E-state index in [1.54, 1.807) is 0 Å². The number of phenolic OH excluding ortho intramolecular Hbond substituents is 1. The summed E-state index contributed by atoms with van der Waals surface area (Å²) in [6, 6.07) is 3.39. The lowest BCUT2D eigenvalue weighted by molar-refractivity contribution is 0.0241. The van der Waals surface area contributed by atoms with Crippen molar-refractivity contribution < 1.29 is 19.7 Å². The fraction of sp³-hybridized carbons (Fsp3) is 0.333. The number of phenols is 1. The molecular formula is C9H12FNO3. The fourth-order valence-corrected chi connectivity index (χ4v) is 1.06. The molecule has 5 N–H and O–H groups in total. The molecule has 4 nitrogen and oxygen atoms in total. The summed E-state index contributed by atoms with van der Waals surface area (Å²) in [4.78, 5) is 0. The highest BCUT2D eigenvalue weighted by Crippen LogP contribution is 2.22. The van der Waals surface area contributed by atoms with Crippen LogP contribution in [0.5, 0.6) is 5.75 Å². The normalized spacial score (nSPS) is 15.1. The summed E-state index contributed by atoms with van der Waals surface area (Å²) in [5.74, 6) is -1.34. The highest BCUT2D eigenvalue weighted by atomic mass is 19.1. The molecule has 0 amide bonds. The molecule has 0 radical (unpaired) electrons. The number of nitrogens with two attached hydrogens (primary N) is 1. The highest BCUT2D eigenvalue weighted by Gasteiger charge is 2.17. The molecule has 1 aromatic carbocycles. The summed E-state index contributed by atoms with van der Waals surface area (Å²) in [6.07, 6.45) is -2.38. The molecular weight excluding hydrogens is 189 g/mol. The molecule has 2 atom stereocenters. The second-order valence-corrected chi connectivity index (χ2v) is 2.96. The third-order valence-electron chi connectivity index (χ3n) is 1.92. The van der Waals surface area contributed by atoms with Crippen molar-refractivity contribution in [3.8, 4) is 5.75 Å². The molecule has 0 saturated heterocycles. The third kappa shape index (κ3) is 2.20. The Kier molecular flexibility index (Phi) is 3.40. The van der Waals surface area contributed by atoms with Gasteiger partial charge < -0.3 is 21.1 Å². The van der Waals surface area contributed by atoms with Gasteiger partial charge in [-0.2, -0.15) is 0 Å². The lowest BCUT2D eigenvalue weighted by atomic mass is 10.0. The molecule has 0 spiro atoms. The number of aliphatic hydroxyl groups is 2. The Morgan fingerprint density at radius 3 is 2.50 bits per heavy atom. The van der Waals surface area contributed by atoms with E-state index >= 15 is 0 Å². The van der Waals surface area contributed by atoms with Gasteiger partial charge in [0.25, 0.3) is 0 Å². The lowest BCUT2D eigenvalue weighted by Gasteiger charge is -2.16. The van der Waals surface area contributed by atoms with Gasteiger partial charge in [-0.3, -0.25) is 0 Å². The van der Waals surface area contributed by atoms with Crippen molar-refractivity contribution in [2.45, 2.75) is 12.2 Å². The summed E-state index contributed by atoms with van der Waals surface area (Å²) in [7, 11) is 0. The zero-order valence-electron chi connectivity index (χ0n) is 7.39. The molecule has 78 valence electrons. The van der Waals surface area contributed by atoms with Gasteiger partial charge in [0.15, 0.2) is 11.6 Å². The molecule has 0 aliphatic rings. The number of benzene rings is 1. The molecule has 0 bridgehead atoms. The molecule has 5 heteroatoms. The maximum Gasteiger partial charge on any atom is 0.165 e. The standard InChI is InChI=1S/C9H12FNO3/c10-6-3-5(1-2-7(6)12)9(14)8(13)4-11/h1-3,8-9,12-14H,4,11H2. The third-order valence-corrected chi connectivity index (χ3v) is 1.92. The van der Waals surface area contributed by atoms with E-state index in [2.05, 4.69) is 0 Å². The molecule has 0 aliphatic heterocycles. The van der Waals surface area contributed by atoms with Crippen LogP contribution in [0.1, 0.15) is 11.7 Å². The van der Waals surface area contributed by atoms with Crippen molar-refractivity contribution in [2.24, 2.45) is 5.73 Å². The SMILES string of the molecule is NCC(O)C(O)c1ccc(O)c(F)c1. The van der Waals surface area contributed by atoms with Gasteiger partial charge in [0.1, 0.15) is 6.10 Å². The van der Waals surface area contributed by atoms with Gasteiger partial charge >= 0.3 is 0 Å². The summed E-state index contributed by atoms with van der Waals surface area (Å²) < 4.78 is 12.8. The van der Waals surface area contributed by atoms with Crippen LogP contribution in [0.4, 0.5) is 4.39 Å². The Morgan fingerprint density at radius 2 is 2.00 bits per heavy atom. The first-order valence-corrected chi connectivity index (χ1v) is 4.11. The number of hydrogen-bond acceptors (Lipinski definition) is 4. The molecule has 0 aliphatic carbocycles. The summed E-state index contributed by atoms with van der Waals surface area (Å²) in [5, 5.41) is 27.5. The number of aromatic hydroxyl groups is 1. The molecule has 0 saturated carbocycles. The van der Waals surface area contributed by atoms with Gasteiger partial charge in [-0.05, 0) is 17.7 Å². The van der Waals surface area contributed by atoms with Crippen LogP contribution in [0.2, 0.25) is 0 Å². The maximum atomic E-state index is 12.8. The van der Waals surface area contributed by atoms with Gasteiger partial charge in [0.2, 0.25) is 0 Å². The highest BCUT2D eigenvalue weighted by molar-refractivity contribution is 5.29. The number of halogens is 1. The van der Waals surface area contributed by atoms with Crippen molar-refractivity contribution in [3.63, 3.8) is 0 Å². The van der Waals surface area contributed by atoms with Gasteiger partial charge in [-0.15, -0.1) is 0 Å². The number of rotatable bonds is 3. The smallest absolute Gasteiger partial charge is 0.165 e. The molecule has 0 fully saturated rings. The summed E-state index contributed by atoms with van der Waals surface area (Å²) in [6.45, 7) is -0.121. The fourth-order valence-electron chi connectivity index (χ4n) is 1.06. The van der Waals surface area contributed by atoms with Gasteiger partial charge in [-0.1, -0.05) is 6.07 Å². The zero-order chi connectivity index (χ0) is 10.7. The minimum atomic E-state index is -1.24. The minimum Gasteiger partial charge on any atom is -0.505 e. The minimum absolute atomic E-state index is 0.121. The monoisotopic (exact) mass is 201 g/mol. The maximum absolute atomic E-state index is 12.8. The average molecular weight is 201 g/mol. The first-order chi connectivity index (χ1) is 6.56. The molecule has 0 aromatic heterocycles. The van der Waals surface area contributed by atoms with Crippen LogP contribution in [-0.2, 0) is 0 Å². The van der Waals surface area contributed by atoms with E-state index in [4.69, 9.17) is 10.8 Å². The summed E-state index contributed by atoms with van der Waals surface area (Å²) in [5.41, 5.74) is 5.30. The van der Waals surface area contributed by atoms with Crippen molar-refractivity contribution in [1.82, 2.24) is 0 Å². The van der Waals surface area contributed by atoms with Crippen LogP contribution in [0, 0.1) is 5.82 Å². The van der Waals surface area contributed by atoms with Crippen LogP contribution in [-0.4, -0.2) is 28.0 Å². The summed E-state index contributed by atoms with van der Waals surface area (Å²) >= 11 is 0. The van der Waals surface area contributed by atoms with Crippen molar-refractivity contribution in [1.29, 1.82) is 0 Å². The van der Waals surface area contributed by atoms with Crippen LogP contribution in [0.15, 0.2) is 18.2 Å². The topological polar surface area (TPSA) is 86.7 Å². The quantitative estimate of drug-likeness (QED) is 0.549. The van der Waals surface area contributed by atoms with Gasteiger partial charge in [0.05, 0.1) is 6.10 Å². The van der Waals surface area contributed by atoms with E-state index in [0.29, 0.717) is 0 Å². The van der Waals surface area contributed by atoms with Gasteiger partial charge in [0, 0.05) is 6.54 Å². The van der Waals surface area contributed by atoms with E-state index < -0.39 is 23.8 Å².